The second-order valence-electron chi connectivity index (χ2n) is 5.48. The summed E-state index contributed by atoms with van der Waals surface area (Å²) in [6.07, 6.45) is 3.86. The van der Waals surface area contributed by atoms with Crippen LogP contribution in [0.15, 0.2) is 36.5 Å². The van der Waals surface area contributed by atoms with E-state index in [9.17, 15) is 0 Å². The minimum absolute atomic E-state index is 0.247. The lowest BCUT2D eigenvalue weighted by Gasteiger charge is -2.21. The highest BCUT2D eigenvalue weighted by Gasteiger charge is 2.16. The molecule has 3 heteroatoms. The van der Waals surface area contributed by atoms with Crippen LogP contribution in [0.2, 0.25) is 5.02 Å². The lowest BCUT2D eigenvalue weighted by molar-refractivity contribution is 0.521. The Morgan fingerprint density at radius 3 is 2.71 bits per heavy atom. The highest BCUT2D eigenvalue weighted by atomic mass is 35.5. The van der Waals surface area contributed by atoms with Crippen LogP contribution in [0.25, 0.3) is 0 Å². The fourth-order valence-electron chi connectivity index (χ4n) is 2.52. The number of benzene rings is 1. The first kappa shape index (κ1) is 16.0. The van der Waals surface area contributed by atoms with Crippen LogP contribution in [-0.2, 0) is 6.42 Å². The molecule has 0 spiro atoms. The highest BCUT2D eigenvalue weighted by molar-refractivity contribution is 6.30. The zero-order valence-corrected chi connectivity index (χ0v) is 13.7. The average molecular weight is 303 g/mol. The molecule has 2 nitrogen and oxygen atoms in total. The summed E-state index contributed by atoms with van der Waals surface area (Å²) in [5.41, 5.74) is 4.91. The van der Waals surface area contributed by atoms with Crippen molar-refractivity contribution < 1.29 is 0 Å². The Kier molecular flexibility index (Phi) is 5.77. The molecule has 2 aromatic rings. The topological polar surface area (TPSA) is 24.9 Å². The van der Waals surface area contributed by atoms with Gasteiger partial charge in [0.15, 0.2) is 0 Å². The standard InChI is InChI=1S/C18H23ClN2/c1-4-9-20-18(12-17-14(3)6-5-10-21-17)16-11-15(19)8-7-13(16)2/h5-8,10-11,18,20H,4,9,12H2,1-3H3. The minimum atomic E-state index is 0.247. The SMILES string of the molecule is CCCNC(Cc1ncccc1C)c1cc(Cl)ccc1C. The summed E-state index contributed by atoms with van der Waals surface area (Å²) < 4.78 is 0. The van der Waals surface area contributed by atoms with Gasteiger partial charge in [-0.05, 0) is 61.7 Å². The van der Waals surface area contributed by atoms with Crippen molar-refractivity contribution in [1.29, 1.82) is 0 Å². The van der Waals surface area contributed by atoms with E-state index in [-0.39, 0.29) is 6.04 Å². The zero-order valence-electron chi connectivity index (χ0n) is 13.0. The van der Waals surface area contributed by atoms with Gasteiger partial charge in [-0.15, -0.1) is 0 Å². The maximum absolute atomic E-state index is 6.19. The Balaban J connectivity index is 2.30. The normalized spacial score (nSPS) is 12.4. The van der Waals surface area contributed by atoms with Gasteiger partial charge in [-0.3, -0.25) is 4.98 Å². The summed E-state index contributed by atoms with van der Waals surface area (Å²) in [4.78, 5) is 4.53. The molecule has 0 amide bonds. The second kappa shape index (κ2) is 7.58. The lowest BCUT2D eigenvalue weighted by atomic mass is 9.96. The summed E-state index contributed by atoms with van der Waals surface area (Å²) in [7, 11) is 0. The van der Waals surface area contributed by atoms with Crippen molar-refractivity contribution >= 4 is 11.6 Å². The highest BCUT2D eigenvalue weighted by Crippen LogP contribution is 2.25. The van der Waals surface area contributed by atoms with E-state index < -0.39 is 0 Å². The molecule has 0 aliphatic heterocycles. The number of rotatable bonds is 6. The molecule has 112 valence electrons. The molecule has 1 atom stereocenters. The van der Waals surface area contributed by atoms with Crippen molar-refractivity contribution in [3.05, 3.63) is 63.9 Å². The summed E-state index contributed by atoms with van der Waals surface area (Å²) in [6.45, 7) is 7.42. The fourth-order valence-corrected chi connectivity index (χ4v) is 2.70. The molecule has 0 aliphatic rings. The van der Waals surface area contributed by atoms with Gasteiger partial charge < -0.3 is 5.32 Å². The van der Waals surface area contributed by atoms with E-state index in [1.165, 1.54) is 16.7 Å². The first-order valence-corrected chi connectivity index (χ1v) is 7.89. The van der Waals surface area contributed by atoms with Crippen LogP contribution in [0.4, 0.5) is 0 Å². The van der Waals surface area contributed by atoms with Crippen molar-refractivity contribution in [2.75, 3.05) is 6.54 Å². The number of hydrogen-bond acceptors (Lipinski definition) is 2. The van der Waals surface area contributed by atoms with Crippen LogP contribution >= 0.6 is 11.6 Å². The molecule has 1 N–H and O–H groups in total. The summed E-state index contributed by atoms with van der Waals surface area (Å²) in [5, 5.41) is 4.42. The third kappa shape index (κ3) is 4.29. The van der Waals surface area contributed by atoms with Crippen LogP contribution < -0.4 is 5.32 Å². The second-order valence-corrected chi connectivity index (χ2v) is 5.92. The van der Waals surface area contributed by atoms with E-state index in [0.717, 1.165) is 30.1 Å². The fraction of sp³-hybridized carbons (Fsp3) is 0.389. The molecule has 1 aromatic carbocycles. The van der Waals surface area contributed by atoms with Crippen LogP contribution in [0.1, 0.15) is 41.8 Å². The molecule has 1 unspecified atom stereocenters. The average Bonchev–Trinajstić information content (AvgIpc) is 2.48. The Bertz CT molecular complexity index is 596. The van der Waals surface area contributed by atoms with Crippen molar-refractivity contribution in [2.45, 2.75) is 39.7 Å². The smallest absolute Gasteiger partial charge is 0.0451 e. The maximum atomic E-state index is 6.19. The van der Waals surface area contributed by atoms with E-state index >= 15 is 0 Å². The molecule has 0 aliphatic carbocycles. The van der Waals surface area contributed by atoms with Crippen LogP contribution in [0.3, 0.4) is 0 Å². The zero-order chi connectivity index (χ0) is 15.2. The monoisotopic (exact) mass is 302 g/mol. The molecular formula is C18H23ClN2. The molecule has 21 heavy (non-hydrogen) atoms. The Labute approximate surface area is 132 Å². The van der Waals surface area contributed by atoms with Gasteiger partial charge >= 0.3 is 0 Å². The van der Waals surface area contributed by atoms with Crippen molar-refractivity contribution in [3.8, 4) is 0 Å². The summed E-state index contributed by atoms with van der Waals surface area (Å²) in [5.74, 6) is 0. The molecular weight excluding hydrogens is 280 g/mol. The van der Waals surface area contributed by atoms with Gasteiger partial charge in [0.2, 0.25) is 0 Å². The number of nitrogens with zero attached hydrogens (tertiary/aromatic N) is 1. The first-order valence-electron chi connectivity index (χ1n) is 7.51. The van der Waals surface area contributed by atoms with E-state index in [1.54, 1.807) is 0 Å². The minimum Gasteiger partial charge on any atom is -0.310 e. The molecule has 0 fully saturated rings. The van der Waals surface area contributed by atoms with Crippen LogP contribution in [0, 0.1) is 13.8 Å². The van der Waals surface area contributed by atoms with Gasteiger partial charge in [0.05, 0.1) is 0 Å². The van der Waals surface area contributed by atoms with Gasteiger partial charge in [-0.1, -0.05) is 30.7 Å². The van der Waals surface area contributed by atoms with Crippen molar-refractivity contribution in [1.82, 2.24) is 10.3 Å². The number of aromatic nitrogens is 1. The number of aryl methyl sites for hydroxylation is 2. The predicted octanol–water partition coefficient (Wildman–Crippen LogP) is 4.64. The Morgan fingerprint density at radius 1 is 1.19 bits per heavy atom. The Hall–Kier alpha value is -1.38. The van der Waals surface area contributed by atoms with E-state index in [2.05, 4.69) is 49.3 Å². The van der Waals surface area contributed by atoms with Gasteiger partial charge in [-0.2, -0.15) is 0 Å². The molecule has 0 bridgehead atoms. The predicted molar refractivity (Wildman–Crippen MR) is 89.9 cm³/mol. The molecule has 2 rings (SSSR count). The summed E-state index contributed by atoms with van der Waals surface area (Å²) >= 11 is 6.19. The lowest BCUT2D eigenvalue weighted by Crippen LogP contribution is -2.25. The number of hydrogen-bond donors (Lipinski definition) is 1. The maximum Gasteiger partial charge on any atom is 0.0451 e. The van der Waals surface area contributed by atoms with Gasteiger partial charge in [-0.25, -0.2) is 0 Å². The van der Waals surface area contributed by atoms with Gasteiger partial charge in [0.25, 0.3) is 0 Å². The third-order valence-electron chi connectivity index (χ3n) is 3.77. The first-order chi connectivity index (χ1) is 10.1. The van der Waals surface area contributed by atoms with Crippen LogP contribution in [0.5, 0.6) is 0 Å². The number of pyridine rings is 1. The third-order valence-corrected chi connectivity index (χ3v) is 4.01. The van der Waals surface area contributed by atoms with E-state index in [1.807, 2.05) is 18.3 Å². The van der Waals surface area contributed by atoms with Crippen molar-refractivity contribution in [2.24, 2.45) is 0 Å². The van der Waals surface area contributed by atoms with Crippen LogP contribution in [-0.4, -0.2) is 11.5 Å². The number of nitrogens with one attached hydrogen (secondary N) is 1. The molecule has 0 radical (unpaired) electrons. The molecule has 1 heterocycles. The van der Waals surface area contributed by atoms with Gasteiger partial charge in [0.1, 0.15) is 0 Å². The number of halogens is 1. The largest absolute Gasteiger partial charge is 0.310 e. The molecule has 0 saturated heterocycles. The quantitative estimate of drug-likeness (QED) is 0.841. The van der Waals surface area contributed by atoms with Gasteiger partial charge in [0, 0.05) is 29.4 Å². The summed E-state index contributed by atoms with van der Waals surface area (Å²) in [6, 6.07) is 10.5. The van der Waals surface area contributed by atoms with E-state index in [0.29, 0.717) is 0 Å². The van der Waals surface area contributed by atoms with Crippen molar-refractivity contribution in [3.63, 3.8) is 0 Å². The molecule has 0 saturated carbocycles. The van der Waals surface area contributed by atoms with E-state index in [4.69, 9.17) is 11.6 Å². The Morgan fingerprint density at radius 2 is 2.00 bits per heavy atom. The molecule has 1 aromatic heterocycles.